The molecule has 0 aliphatic heterocycles. The Morgan fingerprint density at radius 2 is 1.76 bits per heavy atom. The molecule has 29 heavy (non-hydrogen) atoms. The molecule has 1 N–H and O–H groups in total. The Morgan fingerprint density at radius 1 is 0.966 bits per heavy atom. The average molecular weight is 386 g/mol. The molecule has 1 aromatic heterocycles. The van der Waals surface area contributed by atoms with E-state index < -0.39 is 0 Å². The molecule has 4 rings (SSSR count). The molecular weight excluding hydrogens is 368 g/mol. The first-order valence-electron chi connectivity index (χ1n) is 9.08. The highest BCUT2D eigenvalue weighted by molar-refractivity contribution is 5.94. The quantitative estimate of drug-likeness (QED) is 0.551. The van der Waals surface area contributed by atoms with Crippen LogP contribution in [-0.2, 0) is 13.3 Å². The summed E-state index contributed by atoms with van der Waals surface area (Å²) in [5.74, 6) is 0.251. The minimum absolute atomic E-state index is 0.105. The number of fused-ring (bicyclic) bond motifs is 1. The summed E-state index contributed by atoms with van der Waals surface area (Å²) >= 11 is 0. The summed E-state index contributed by atoms with van der Waals surface area (Å²) in [6.45, 7) is 0.332. The molecule has 0 spiro atoms. The van der Waals surface area contributed by atoms with Crippen molar-refractivity contribution in [3.63, 3.8) is 0 Å². The first-order chi connectivity index (χ1) is 14.2. The van der Waals surface area contributed by atoms with Gasteiger partial charge in [0.25, 0.3) is 11.5 Å². The minimum atomic E-state index is -0.285. The second-order valence-corrected chi connectivity index (χ2v) is 6.38. The number of nitrogens with one attached hydrogen (secondary N) is 1. The maximum atomic E-state index is 12.5. The third kappa shape index (κ3) is 4.30. The largest absolute Gasteiger partial charge is 0.471 e. The fourth-order valence-corrected chi connectivity index (χ4v) is 2.85. The third-order valence-electron chi connectivity index (χ3n) is 4.37. The highest BCUT2D eigenvalue weighted by Crippen LogP contribution is 2.14. The third-order valence-corrected chi connectivity index (χ3v) is 4.37. The van der Waals surface area contributed by atoms with E-state index in [1.165, 1.54) is 0 Å². The number of hydrogen-bond donors (Lipinski definition) is 1. The van der Waals surface area contributed by atoms with E-state index in [4.69, 9.17) is 4.74 Å². The summed E-state index contributed by atoms with van der Waals surface area (Å²) in [4.78, 5) is 24.9. The zero-order chi connectivity index (χ0) is 20.1. The fourth-order valence-electron chi connectivity index (χ4n) is 2.85. The lowest BCUT2D eigenvalue weighted by Crippen LogP contribution is -2.26. The van der Waals surface area contributed by atoms with Gasteiger partial charge >= 0.3 is 0 Å². The number of aromatic nitrogens is 3. The maximum absolute atomic E-state index is 12.5. The van der Waals surface area contributed by atoms with Crippen molar-refractivity contribution in [3.8, 4) is 5.75 Å². The van der Waals surface area contributed by atoms with Crippen LogP contribution in [0.15, 0.2) is 83.7 Å². The van der Waals surface area contributed by atoms with Crippen LogP contribution in [-0.4, -0.2) is 20.9 Å². The van der Waals surface area contributed by atoms with Gasteiger partial charge in [-0.25, -0.2) is 0 Å². The number of benzene rings is 3. The Kier molecular flexibility index (Phi) is 5.29. The SMILES string of the molecule is O=C(NCc1ccccc1)c1cccc(OCn2nnc3ccccc3c2=O)c1. The molecule has 0 atom stereocenters. The van der Waals surface area contributed by atoms with Crippen molar-refractivity contribution >= 4 is 16.8 Å². The van der Waals surface area contributed by atoms with E-state index >= 15 is 0 Å². The van der Waals surface area contributed by atoms with Crippen molar-refractivity contribution < 1.29 is 9.53 Å². The summed E-state index contributed by atoms with van der Waals surface area (Å²) in [7, 11) is 0. The summed E-state index contributed by atoms with van der Waals surface area (Å²) in [5, 5.41) is 11.3. The predicted molar refractivity (Wildman–Crippen MR) is 108 cm³/mol. The van der Waals surface area contributed by atoms with Crippen molar-refractivity contribution in [2.24, 2.45) is 0 Å². The molecule has 4 aromatic rings. The topological polar surface area (TPSA) is 86.1 Å². The smallest absolute Gasteiger partial charge is 0.280 e. The van der Waals surface area contributed by atoms with Crippen LogP contribution in [0.25, 0.3) is 10.9 Å². The molecule has 0 unspecified atom stereocenters. The zero-order valence-electron chi connectivity index (χ0n) is 15.5. The van der Waals surface area contributed by atoms with E-state index in [0.717, 1.165) is 10.2 Å². The first kappa shape index (κ1) is 18.4. The lowest BCUT2D eigenvalue weighted by molar-refractivity contribution is 0.0950. The van der Waals surface area contributed by atoms with E-state index in [2.05, 4.69) is 15.6 Å². The molecule has 0 radical (unpaired) electrons. The lowest BCUT2D eigenvalue weighted by atomic mass is 10.2. The van der Waals surface area contributed by atoms with Crippen LogP contribution in [0.4, 0.5) is 0 Å². The molecular formula is C22H18N4O3. The van der Waals surface area contributed by atoms with Gasteiger partial charge in [0.2, 0.25) is 0 Å². The summed E-state index contributed by atoms with van der Waals surface area (Å²) in [6.07, 6.45) is 0. The molecule has 0 aliphatic rings. The minimum Gasteiger partial charge on any atom is -0.471 e. The molecule has 1 amide bonds. The Balaban J connectivity index is 1.43. The Morgan fingerprint density at radius 3 is 2.62 bits per heavy atom. The molecule has 7 nitrogen and oxygen atoms in total. The van der Waals surface area contributed by atoms with Gasteiger partial charge in [0.1, 0.15) is 11.3 Å². The number of ether oxygens (including phenoxy) is 1. The van der Waals surface area contributed by atoms with Crippen LogP contribution in [0.2, 0.25) is 0 Å². The monoisotopic (exact) mass is 386 g/mol. The molecule has 3 aromatic carbocycles. The van der Waals surface area contributed by atoms with Crippen LogP contribution in [0.1, 0.15) is 15.9 Å². The molecule has 0 bridgehead atoms. The van der Waals surface area contributed by atoms with Crippen molar-refractivity contribution in [1.29, 1.82) is 0 Å². The Labute approximate surface area is 166 Å². The van der Waals surface area contributed by atoms with Gasteiger partial charge in [-0.3, -0.25) is 9.59 Å². The highest BCUT2D eigenvalue weighted by atomic mass is 16.5. The first-order valence-corrected chi connectivity index (χ1v) is 9.08. The van der Waals surface area contributed by atoms with Gasteiger partial charge < -0.3 is 10.1 Å². The second kappa shape index (κ2) is 8.35. The van der Waals surface area contributed by atoms with Gasteiger partial charge in [-0.2, -0.15) is 4.68 Å². The van der Waals surface area contributed by atoms with Crippen molar-refractivity contribution in [1.82, 2.24) is 20.3 Å². The number of carbonyl (C=O) groups is 1. The summed E-state index contributed by atoms with van der Waals surface area (Å²) in [5.41, 5.74) is 1.73. The molecule has 0 saturated heterocycles. The fraction of sp³-hybridized carbons (Fsp3) is 0.0909. The van der Waals surface area contributed by atoms with Gasteiger partial charge in [-0.05, 0) is 35.9 Å². The summed E-state index contributed by atoms with van der Waals surface area (Å²) < 4.78 is 6.80. The second-order valence-electron chi connectivity index (χ2n) is 6.38. The number of rotatable bonds is 6. The molecule has 7 heteroatoms. The van der Waals surface area contributed by atoms with Crippen molar-refractivity contribution in [3.05, 3.63) is 100 Å². The van der Waals surface area contributed by atoms with Crippen molar-refractivity contribution in [2.45, 2.75) is 13.3 Å². The zero-order valence-corrected chi connectivity index (χ0v) is 15.5. The molecule has 1 heterocycles. The molecule has 0 aliphatic carbocycles. The van der Waals surface area contributed by atoms with Crippen molar-refractivity contribution in [2.75, 3.05) is 0 Å². The molecule has 0 saturated carbocycles. The highest BCUT2D eigenvalue weighted by Gasteiger charge is 2.08. The van der Waals surface area contributed by atoms with Crippen LogP contribution in [0.3, 0.4) is 0 Å². The van der Waals surface area contributed by atoms with Crippen LogP contribution < -0.4 is 15.6 Å². The average Bonchev–Trinajstić information content (AvgIpc) is 2.78. The van der Waals surface area contributed by atoms with Gasteiger partial charge in [0.15, 0.2) is 6.73 Å². The van der Waals surface area contributed by atoms with Crippen LogP contribution >= 0.6 is 0 Å². The number of carbonyl (C=O) groups excluding carboxylic acids is 1. The van der Waals surface area contributed by atoms with E-state index in [0.29, 0.717) is 28.8 Å². The van der Waals surface area contributed by atoms with E-state index in [1.54, 1.807) is 48.5 Å². The van der Waals surface area contributed by atoms with Gasteiger partial charge in [-0.15, -0.1) is 5.10 Å². The van der Waals surface area contributed by atoms with Gasteiger partial charge in [-0.1, -0.05) is 53.7 Å². The van der Waals surface area contributed by atoms with E-state index in [1.807, 2.05) is 30.3 Å². The Hall–Kier alpha value is -4.00. The van der Waals surface area contributed by atoms with Gasteiger partial charge in [0, 0.05) is 12.1 Å². The normalized spacial score (nSPS) is 10.6. The standard InChI is InChI=1S/C22H18N4O3/c27-21(23-14-16-7-2-1-3-8-16)17-9-6-10-18(13-17)29-15-26-22(28)19-11-4-5-12-20(19)24-25-26/h1-13H,14-15H2,(H,23,27). The predicted octanol–water partition coefficient (Wildman–Crippen LogP) is 2.76. The Bertz CT molecular complexity index is 1210. The molecule has 0 fully saturated rings. The van der Waals surface area contributed by atoms with E-state index in [-0.39, 0.29) is 18.2 Å². The van der Waals surface area contributed by atoms with Gasteiger partial charge in [0.05, 0.1) is 5.39 Å². The van der Waals surface area contributed by atoms with Crippen LogP contribution in [0.5, 0.6) is 5.75 Å². The summed E-state index contributed by atoms with van der Waals surface area (Å²) in [6, 6.07) is 23.4. The molecule has 144 valence electrons. The maximum Gasteiger partial charge on any atom is 0.280 e. The lowest BCUT2D eigenvalue weighted by Gasteiger charge is -2.10. The number of hydrogen-bond acceptors (Lipinski definition) is 5. The van der Waals surface area contributed by atoms with Crippen LogP contribution in [0, 0.1) is 0 Å². The van der Waals surface area contributed by atoms with E-state index in [9.17, 15) is 9.59 Å². The number of amides is 1. The number of nitrogens with zero attached hydrogens (tertiary/aromatic N) is 3.